The maximum absolute atomic E-state index is 11.7. The summed E-state index contributed by atoms with van der Waals surface area (Å²) < 4.78 is 5.72. The smallest absolute Gasteiger partial charge is 0.339 e. The van der Waals surface area contributed by atoms with Gasteiger partial charge in [-0.05, 0) is 70.1 Å². The van der Waals surface area contributed by atoms with Gasteiger partial charge in [0.15, 0.2) is 0 Å². The van der Waals surface area contributed by atoms with Crippen LogP contribution >= 0.6 is 0 Å². The number of carboxylic acid groups (broad SMARTS) is 1. The molecule has 0 aliphatic heterocycles. The van der Waals surface area contributed by atoms with Gasteiger partial charge in [-0.3, -0.25) is 0 Å². The predicted molar refractivity (Wildman–Crippen MR) is 75.0 cm³/mol. The van der Waals surface area contributed by atoms with E-state index < -0.39 is 5.97 Å². The molecule has 1 aromatic heterocycles. The van der Waals surface area contributed by atoms with Crippen LogP contribution in [0, 0.1) is 31.6 Å². The average Bonchev–Trinajstić information content (AvgIpc) is 2.63. The molecule has 0 atom stereocenters. The fraction of sp³-hybridized carbons (Fsp3) is 0.706. The van der Waals surface area contributed by atoms with Gasteiger partial charge in [0.05, 0.1) is 0 Å². The van der Waals surface area contributed by atoms with Crippen LogP contribution in [0.4, 0.5) is 0 Å². The molecule has 0 saturated heterocycles. The Morgan fingerprint density at radius 2 is 1.55 bits per heavy atom. The zero-order chi connectivity index (χ0) is 14.1. The van der Waals surface area contributed by atoms with Crippen LogP contribution in [0.5, 0.6) is 0 Å². The van der Waals surface area contributed by atoms with Crippen LogP contribution in [-0.2, 0) is 5.41 Å². The molecule has 4 fully saturated rings. The van der Waals surface area contributed by atoms with Crippen molar-refractivity contribution in [3.63, 3.8) is 0 Å². The zero-order valence-electron chi connectivity index (χ0n) is 12.2. The van der Waals surface area contributed by atoms with Gasteiger partial charge in [0, 0.05) is 11.0 Å². The normalized spacial score (nSPS) is 38.4. The SMILES string of the molecule is Cc1oc(C)c(C23CC4CC(CC(C4)C2)C3)c1C(=O)O. The Morgan fingerprint density at radius 1 is 1.05 bits per heavy atom. The van der Waals surface area contributed by atoms with Crippen LogP contribution in [0.2, 0.25) is 0 Å². The van der Waals surface area contributed by atoms with E-state index in [0.717, 1.165) is 29.1 Å². The van der Waals surface area contributed by atoms with Crippen molar-refractivity contribution in [3.8, 4) is 0 Å². The Balaban J connectivity index is 1.87. The van der Waals surface area contributed by atoms with E-state index in [1.165, 1.54) is 38.5 Å². The molecule has 4 bridgehead atoms. The molecule has 20 heavy (non-hydrogen) atoms. The lowest BCUT2D eigenvalue weighted by atomic mass is 9.47. The number of hydrogen-bond acceptors (Lipinski definition) is 2. The van der Waals surface area contributed by atoms with E-state index in [-0.39, 0.29) is 5.41 Å². The summed E-state index contributed by atoms with van der Waals surface area (Å²) in [6.45, 7) is 3.74. The van der Waals surface area contributed by atoms with Gasteiger partial charge in [0.1, 0.15) is 17.1 Å². The van der Waals surface area contributed by atoms with Crippen LogP contribution in [0.1, 0.15) is 66.0 Å². The molecular weight excluding hydrogens is 252 g/mol. The van der Waals surface area contributed by atoms with E-state index in [1.807, 2.05) is 6.92 Å². The summed E-state index contributed by atoms with van der Waals surface area (Å²) in [4.78, 5) is 11.7. The molecule has 4 saturated carbocycles. The molecule has 3 heteroatoms. The average molecular weight is 274 g/mol. The van der Waals surface area contributed by atoms with E-state index in [0.29, 0.717) is 11.3 Å². The summed E-state index contributed by atoms with van der Waals surface area (Å²) in [5.74, 6) is 3.07. The molecule has 1 heterocycles. The van der Waals surface area contributed by atoms with Crippen molar-refractivity contribution in [1.82, 2.24) is 0 Å². The Hall–Kier alpha value is -1.25. The van der Waals surface area contributed by atoms with Gasteiger partial charge in [-0.2, -0.15) is 0 Å². The van der Waals surface area contributed by atoms with Crippen molar-refractivity contribution in [1.29, 1.82) is 0 Å². The Kier molecular flexibility index (Phi) is 2.43. The van der Waals surface area contributed by atoms with Crippen molar-refractivity contribution in [2.75, 3.05) is 0 Å². The van der Waals surface area contributed by atoms with E-state index in [1.54, 1.807) is 6.92 Å². The molecule has 5 rings (SSSR count). The first-order chi connectivity index (χ1) is 9.48. The van der Waals surface area contributed by atoms with E-state index in [9.17, 15) is 9.90 Å². The van der Waals surface area contributed by atoms with Crippen molar-refractivity contribution in [2.24, 2.45) is 17.8 Å². The fourth-order valence-electron chi connectivity index (χ4n) is 6.00. The minimum atomic E-state index is -0.815. The van der Waals surface area contributed by atoms with Gasteiger partial charge in [0.25, 0.3) is 0 Å². The van der Waals surface area contributed by atoms with Gasteiger partial charge < -0.3 is 9.52 Å². The number of carbonyl (C=O) groups is 1. The second-order valence-corrected chi connectivity index (χ2v) is 7.47. The number of rotatable bonds is 2. The van der Waals surface area contributed by atoms with Crippen LogP contribution in [0.25, 0.3) is 0 Å². The number of aryl methyl sites for hydroxylation is 2. The summed E-state index contributed by atoms with van der Waals surface area (Å²) in [7, 11) is 0. The Morgan fingerprint density at radius 3 is 2.00 bits per heavy atom. The lowest BCUT2D eigenvalue weighted by Gasteiger charge is -2.57. The first kappa shape index (κ1) is 12.5. The maximum Gasteiger partial charge on any atom is 0.339 e. The number of furan rings is 1. The zero-order valence-corrected chi connectivity index (χ0v) is 12.2. The van der Waals surface area contributed by atoms with Crippen molar-refractivity contribution < 1.29 is 14.3 Å². The van der Waals surface area contributed by atoms with Gasteiger partial charge in [-0.1, -0.05) is 0 Å². The second-order valence-electron chi connectivity index (χ2n) is 7.47. The monoisotopic (exact) mass is 274 g/mol. The summed E-state index contributed by atoms with van der Waals surface area (Å²) in [6, 6.07) is 0. The Labute approximate surface area is 119 Å². The van der Waals surface area contributed by atoms with Crippen molar-refractivity contribution in [3.05, 3.63) is 22.6 Å². The van der Waals surface area contributed by atoms with E-state index in [4.69, 9.17) is 4.42 Å². The van der Waals surface area contributed by atoms with Crippen LogP contribution < -0.4 is 0 Å². The van der Waals surface area contributed by atoms with Crippen molar-refractivity contribution >= 4 is 5.97 Å². The highest BCUT2D eigenvalue weighted by Crippen LogP contribution is 2.61. The topological polar surface area (TPSA) is 50.4 Å². The minimum Gasteiger partial charge on any atom is -0.478 e. The van der Waals surface area contributed by atoms with Gasteiger partial charge in [-0.15, -0.1) is 0 Å². The first-order valence-corrected chi connectivity index (χ1v) is 7.82. The molecule has 0 spiro atoms. The molecule has 4 aliphatic carbocycles. The molecule has 0 amide bonds. The second kappa shape index (κ2) is 3.90. The van der Waals surface area contributed by atoms with Gasteiger partial charge >= 0.3 is 5.97 Å². The largest absolute Gasteiger partial charge is 0.478 e. The summed E-state index contributed by atoms with van der Waals surface area (Å²) >= 11 is 0. The number of hydrogen-bond donors (Lipinski definition) is 1. The highest BCUT2D eigenvalue weighted by Gasteiger charge is 2.54. The summed E-state index contributed by atoms with van der Waals surface area (Å²) in [5, 5.41) is 9.60. The third-order valence-corrected chi connectivity index (χ3v) is 6.04. The fourth-order valence-corrected chi connectivity index (χ4v) is 6.00. The molecule has 3 nitrogen and oxygen atoms in total. The van der Waals surface area contributed by atoms with Gasteiger partial charge in [0.2, 0.25) is 0 Å². The molecule has 4 aliphatic rings. The van der Waals surface area contributed by atoms with Crippen LogP contribution in [0.15, 0.2) is 4.42 Å². The van der Waals surface area contributed by atoms with Crippen LogP contribution in [0.3, 0.4) is 0 Å². The van der Waals surface area contributed by atoms with Gasteiger partial charge in [-0.25, -0.2) is 4.79 Å². The molecule has 0 radical (unpaired) electrons. The Bertz CT molecular complexity index is 546. The number of aromatic carboxylic acids is 1. The molecule has 0 unspecified atom stereocenters. The molecule has 1 N–H and O–H groups in total. The number of carboxylic acids is 1. The first-order valence-electron chi connectivity index (χ1n) is 7.82. The van der Waals surface area contributed by atoms with Crippen LogP contribution in [-0.4, -0.2) is 11.1 Å². The maximum atomic E-state index is 11.7. The van der Waals surface area contributed by atoms with E-state index >= 15 is 0 Å². The standard InChI is InChI=1S/C17H22O3/c1-9-14(16(18)19)15(10(2)20-9)17-6-11-3-12(7-17)5-13(4-11)8-17/h11-13H,3-8H2,1-2H3,(H,18,19). The highest BCUT2D eigenvalue weighted by atomic mass is 16.4. The van der Waals surface area contributed by atoms with E-state index in [2.05, 4.69) is 0 Å². The lowest BCUT2D eigenvalue weighted by molar-refractivity contribution is -0.00636. The highest BCUT2D eigenvalue weighted by molar-refractivity contribution is 5.91. The minimum absolute atomic E-state index is 0.102. The molecular formula is C17H22O3. The summed E-state index contributed by atoms with van der Waals surface area (Å²) in [5.41, 5.74) is 1.61. The summed E-state index contributed by atoms with van der Waals surface area (Å²) in [6.07, 6.45) is 7.66. The molecule has 108 valence electrons. The molecule has 0 aromatic carbocycles. The van der Waals surface area contributed by atoms with Crippen molar-refractivity contribution in [2.45, 2.75) is 57.8 Å². The quantitative estimate of drug-likeness (QED) is 0.884. The molecule has 1 aromatic rings. The third kappa shape index (κ3) is 1.55. The lowest BCUT2D eigenvalue weighted by Crippen LogP contribution is -2.49. The predicted octanol–water partition coefficient (Wildman–Crippen LogP) is 4.06. The third-order valence-electron chi connectivity index (χ3n) is 6.04.